The van der Waals surface area contributed by atoms with E-state index in [-0.39, 0.29) is 49.2 Å². The second-order valence-corrected chi connectivity index (χ2v) is 16.8. The molecular formula is C45H71NO11. The Morgan fingerprint density at radius 3 is 2.28 bits per heavy atom. The summed E-state index contributed by atoms with van der Waals surface area (Å²) in [6.45, 7) is 13.6. The molecule has 57 heavy (non-hydrogen) atoms. The van der Waals surface area contributed by atoms with Gasteiger partial charge >= 0.3 is 5.97 Å². The van der Waals surface area contributed by atoms with Gasteiger partial charge in [0.2, 0.25) is 5.79 Å². The molecule has 1 unspecified atom stereocenters. The second-order valence-electron chi connectivity index (χ2n) is 16.8. The van der Waals surface area contributed by atoms with E-state index in [0.717, 1.165) is 24.0 Å². The van der Waals surface area contributed by atoms with Crippen LogP contribution in [-0.4, -0.2) is 116 Å². The fourth-order valence-corrected chi connectivity index (χ4v) is 8.89. The van der Waals surface area contributed by atoms with Crippen molar-refractivity contribution in [2.24, 2.45) is 29.6 Å². The lowest BCUT2D eigenvalue weighted by Crippen LogP contribution is -2.58. The van der Waals surface area contributed by atoms with Crippen LogP contribution in [0, 0.1) is 29.6 Å². The maximum Gasteiger partial charge on any atom is 0.329 e. The molecule has 0 aromatic heterocycles. The van der Waals surface area contributed by atoms with Crippen LogP contribution >= 0.6 is 0 Å². The smallest absolute Gasteiger partial charge is 0.329 e. The van der Waals surface area contributed by atoms with Crippen molar-refractivity contribution in [1.29, 1.82) is 0 Å². The van der Waals surface area contributed by atoms with Gasteiger partial charge in [0.15, 0.2) is 5.78 Å². The predicted octanol–water partition coefficient (Wildman–Crippen LogP) is 6.08. The van der Waals surface area contributed by atoms with E-state index in [2.05, 4.69) is 19.6 Å². The molecule has 12 nitrogen and oxygen atoms in total. The summed E-state index contributed by atoms with van der Waals surface area (Å²) in [5.41, 5.74) is 1.83. The Bertz CT molecular complexity index is 1460. The molecule has 0 spiro atoms. The number of piperidine rings is 1. The van der Waals surface area contributed by atoms with Gasteiger partial charge in [0.25, 0.3) is 11.7 Å². The van der Waals surface area contributed by atoms with E-state index in [1.165, 1.54) is 12.0 Å². The highest BCUT2D eigenvalue weighted by molar-refractivity contribution is 6.39. The fraction of sp³-hybridized carbons (Fsp3) is 0.733. The zero-order valence-electron chi connectivity index (χ0n) is 35.9. The number of rotatable bonds is 8. The molecule has 1 aliphatic carbocycles. The molecule has 2 aliphatic heterocycles. The second kappa shape index (κ2) is 23.0. The normalized spacial score (nSPS) is 38.1. The molecule has 322 valence electrons. The summed E-state index contributed by atoms with van der Waals surface area (Å²) >= 11 is 0. The number of cyclic esters (lactones) is 1. The zero-order valence-corrected chi connectivity index (χ0v) is 35.9. The number of carbonyl (C=O) groups is 4. The lowest BCUT2D eigenvalue weighted by Gasteiger charge is -2.38. The Kier molecular flexibility index (Phi) is 19.5. The summed E-state index contributed by atoms with van der Waals surface area (Å²) in [5.74, 6) is -6.91. The van der Waals surface area contributed by atoms with Gasteiger partial charge < -0.3 is 38.8 Å². The molecule has 1 amide bonds. The van der Waals surface area contributed by atoms with Crippen LogP contribution in [0.1, 0.15) is 105 Å². The van der Waals surface area contributed by atoms with Gasteiger partial charge in [0.1, 0.15) is 12.1 Å². The third kappa shape index (κ3) is 13.2. The van der Waals surface area contributed by atoms with Gasteiger partial charge in [-0.2, -0.15) is 0 Å². The fourth-order valence-electron chi connectivity index (χ4n) is 8.89. The number of hydrogen-bond acceptors (Lipinski definition) is 11. The summed E-state index contributed by atoms with van der Waals surface area (Å²) in [7, 11) is 5.97. The quantitative estimate of drug-likeness (QED) is 0.127. The minimum atomic E-state index is -2.48. The monoisotopic (exact) mass is 802 g/mol. The number of fused-ring (bicyclic) bond motifs is 1. The number of allylic oxidation sites excluding steroid dienone is 5. The molecule has 2 N–H and O–H groups in total. The Balaban J connectivity index is 2.10. The van der Waals surface area contributed by atoms with Crippen LogP contribution in [0.5, 0.6) is 0 Å². The van der Waals surface area contributed by atoms with Crippen LogP contribution < -0.4 is 0 Å². The molecule has 12 atom stereocenters. The number of nitrogens with zero attached hydrogens (tertiary/aromatic N) is 1. The van der Waals surface area contributed by atoms with Crippen molar-refractivity contribution in [1.82, 2.24) is 4.90 Å². The first-order chi connectivity index (χ1) is 27.0. The summed E-state index contributed by atoms with van der Waals surface area (Å²) < 4.78 is 28.9. The molecule has 2 heterocycles. The van der Waals surface area contributed by atoms with Crippen molar-refractivity contribution < 1.29 is 53.1 Å². The van der Waals surface area contributed by atoms with Crippen molar-refractivity contribution >= 4 is 23.4 Å². The summed E-state index contributed by atoms with van der Waals surface area (Å²) in [5, 5.41) is 22.2. The molecule has 0 radical (unpaired) electrons. The average Bonchev–Trinajstić information content (AvgIpc) is 3.19. The predicted molar refractivity (Wildman–Crippen MR) is 218 cm³/mol. The van der Waals surface area contributed by atoms with Gasteiger partial charge in [0.05, 0.1) is 24.4 Å². The van der Waals surface area contributed by atoms with Crippen LogP contribution in [0.4, 0.5) is 0 Å². The lowest BCUT2D eigenvalue weighted by molar-refractivity contribution is -0.220. The number of hydrogen-bond donors (Lipinski definition) is 2. The van der Waals surface area contributed by atoms with Crippen LogP contribution in [0.15, 0.2) is 48.1 Å². The average molecular weight is 802 g/mol. The SMILES string of the molecule is C=CCC1/C=C(\C)C[C@H](C)C[C@H](OC)C[C@@H](OC)C[C@@H](C)[C@@](O)(OC)C(=O)C(=O)N2CCCC[C@H]2C(=O)O[C@H](/C(C)=C/[C@@H]2CC[C@@H](O)[C@H](OC)C2)[C@@H](C)/C=C/C1=O. The van der Waals surface area contributed by atoms with Crippen LogP contribution in [-0.2, 0) is 42.9 Å². The minimum Gasteiger partial charge on any atom is -0.456 e. The van der Waals surface area contributed by atoms with Crippen LogP contribution in [0.25, 0.3) is 0 Å². The highest BCUT2D eigenvalue weighted by Gasteiger charge is 2.50. The maximum absolute atomic E-state index is 14.2. The molecule has 12 heteroatoms. The third-order valence-corrected chi connectivity index (χ3v) is 12.3. The van der Waals surface area contributed by atoms with Crippen molar-refractivity contribution in [2.75, 3.05) is 35.0 Å². The number of esters is 1. The molecule has 0 aromatic carbocycles. The third-order valence-electron chi connectivity index (χ3n) is 12.3. The standard InChI is InChI=1S/C45H71NO11/c1-11-14-34-22-28(2)21-29(3)23-35(53-7)27-36(54-8)25-32(6)45(52,56-10)42(49)43(50)46-20-13-12-15-37(46)44(51)57-41(30(4)16-18-38(34)47)31(5)24-33-17-19-39(48)40(26-33)55-9/h11,16,18,22,24,29-30,32-37,39-41,48,52H,1,12-15,17,19-21,23,25-27H2,2-10H3/b18-16+,28-22+,31-24+/t29-,30-,32+,33-,34?,35-,36-,37-,39+,40+,41-,45+/m0/s1. The Labute approximate surface area is 341 Å². The van der Waals surface area contributed by atoms with E-state index in [1.54, 1.807) is 46.5 Å². The molecule has 0 aromatic rings. The van der Waals surface area contributed by atoms with E-state index in [9.17, 15) is 29.4 Å². The number of methoxy groups -OCH3 is 4. The molecule has 1 saturated carbocycles. The molecule has 1 saturated heterocycles. The number of aliphatic hydroxyl groups excluding tert-OH is 1. The molecule has 3 rings (SSSR count). The van der Waals surface area contributed by atoms with Crippen LogP contribution in [0.3, 0.4) is 0 Å². The number of carbonyl (C=O) groups excluding carboxylic acids is 4. The van der Waals surface area contributed by atoms with Crippen molar-refractivity contribution in [3.8, 4) is 0 Å². The number of Topliss-reactive ketones (excluding diaryl/α,β-unsaturated/α-hetero) is 1. The Morgan fingerprint density at radius 2 is 1.65 bits per heavy atom. The number of aliphatic hydroxyl groups is 2. The maximum atomic E-state index is 14.2. The van der Waals surface area contributed by atoms with Gasteiger partial charge in [-0.1, -0.05) is 50.6 Å². The van der Waals surface area contributed by atoms with Gasteiger partial charge in [-0.25, -0.2) is 4.79 Å². The van der Waals surface area contributed by atoms with E-state index in [4.69, 9.17) is 23.7 Å². The Hall–Kier alpha value is -3.00. The highest BCUT2D eigenvalue weighted by atomic mass is 16.6. The van der Waals surface area contributed by atoms with Crippen molar-refractivity contribution in [3.63, 3.8) is 0 Å². The summed E-state index contributed by atoms with van der Waals surface area (Å²) in [6.07, 6.45) is 12.7. The van der Waals surface area contributed by atoms with E-state index in [1.807, 2.05) is 26.8 Å². The van der Waals surface area contributed by atoms with Crippen molar-refractivity contribution in [2.45, 2.75) is 148 Å². The number of ketones is 2. The summed E-state index contributed by atoms with van der Waals surface area (Å²) in [6, 6.07) is -1.08. The van der Waals surface area contributed by atoms with Gasteiger partial charge in [-0.15, -0.1) is 6.58 Å². The largest absolute Gasteiger partial charge is 0.456 e. The first-order valence-electron chi connectivity index (χ1n) is 20.8. The molecule has 2 fully saturated rings. The molecule has 0 bridgehead atoms. The lowest BCUT2D eigenvalue weighted by atomic mass is 9.83. The first kappa shape index (κ1) is 48.4. The van der Waals surface area contributed by atoms with E-state index in [0.29, 0.717) is 44.9 Å². The number of ether oxygens (including phenoxy) is 5. The minimum absolute atomic E-state index is 0.0526. The van der Waals surface area contributed by atoms with Gasteiger partial charge in [-0.3, -0.25) is 14.4 Å². The number of amides is 1. The topological polar surface area (TPSA) is 158 Å². The Morgan fingerprint density at radius 1 is 0.965 bits per heavy atom. The van der Waals surface area contributed by atoms with Crippen LogP contribution in [0.2, 0.25) is 0 Å². The van der Waals surface area contributed by atoms with Gasteiger partial charge in [0, 0.05) is 52.7 Å². The van der Waals surface area contributed by atoms with Gasteiger partial charge in [-0.05, 0) is 108 Å². The highest BCUT2D eigenvalue weighted by Crippen LogP contribution is 2.33. The van der Waals surface area contributed by atoms with E-state index < -0.39 is 65.6 Å². The molecule has 3 aliphatic rings. The zero-order chi connectivity index (χ0) is 42.4. The summed E-state index contributed by atoms with van der Waals surface area (Å²) in [4.78, 5) is 57.3. The van der Waals surface area contributed by atoms with E-state index >= 15 is 0 Å². The first-order valence-corrected chi connectivity index (χ1v) is 20.8. The molecular weight excluding hydrogens is 730 g/mol. The van der Waals surface area contributed by atoms with Crippen molar-refractivity contribution in [3.05, 3.63) is 48.1 Å².